The SMILES string of the molecule is Cn1nccc1C1CC2CCC(C1)N2c1cc(NC2CC2)ncn1. The second kappa shape index (κ2) is 5.46. The molecular weight excluding hydrogens is 300 g/mol. The molecule has 0 aromatic carbocycles. The van der Waals surface area contributed by atoms with Gasteiger partial charge in [-0.15, -0.1) is 0 Å². The summed E-state index contributed by atoms with van der Waals surface area (Å²) in [6.45, 7) is 0. The first-order chi connectivity index (χ1) is 11.8. The molecule has 0 amide bonds. The Labute approximate surface area is 142 Å². The number of anilines is 2. The van der Waals surface area contributed by atoms with Crippen molar-refractivity contribution in [3.05, 3.63) is 30.4 Å². The van der Waals surface area contributed by atoms with Crippen LogP contribution in [-0.4, -0.2) is 37.9 Å². The molecule has 0 radical (unpaired) electrons. The molecule has 126 valence electrons. The van der Waals surface area contributed by atoms with Gasteiger partial charge < -0.3 is 10.2 Å². The molecular formula is C18H24N6. The first kappa shape index (κ1) is 14.3. The van der Waals surface area contributed by atoms with Crippen molar-refractivity contribution in [2.75, 3.05) is 10.2 Å². The van der Waals surface area contributed by atoms with Crippen LogP contribution in [0.25, 0.3) is 0 Å². The highest BCUT2D eigenvalue weighted by Gasteiger charge is 2.42. The number of nitrogens with one attached hydrogen (secondary N) is 1. The number of rotatable bonds is 4. The van der Waals surface area contributed by atoms with Crippen molar-refractivity contribution < 1.29 is 0 Å². The lowest BCUT2D eigenvalue weighted by Gasteiger charge is -2.39. The summed E-state index contributed by atoms with van der Waals surface area (Å²) in [6.07, 6.45) is 11.1. The molecule has 3 aliphatic rings. The molecule has 1 aliphatic carbocycles. The lowest BCUT2D eigenvalue weighted by molar-refractivity contribution is 0.398. The van der Waals surface area contributed by atoms with Gasteiger partial charge in [0.15, 0.2) is 0 Å². The Morgan fingerprint density at radius 3 is 2.54 bits per heavy atom. The van der Waals surface area contributed by atoms with Crippen molar-refractivity contribution >= 4 is 11.6 Å². The second-order valence-electron chi connectivity index (χ2n) is 7.52. The summed E-state index contributed by atoms with van der Waals surface area (Å²) in [6, 6.07) is 6.13. The molecule has 2 bridgehead atoms. The summed E-state index contributed by atoms with van der Waals surface area (Å²) in [5, 5.41) is 7.85. The summed E-state index contributed by atoms with van der Waals surface area (Å²) in [4.78, 5) is 11.5. The Morgan fingerprint density at radius 2 is 1.88 bits per heavy atom. The molecule has 2 atom stereocenters. The number of piperidine rings is 1. The highest BCUT2D eigenvalue weighted by Crippen LogP contribution is 2.44. The molecule has 2 aliphatic heterocycles. The highest BCUT2D eigenvalue weighted by molar-refractivity contribution is 5.52. The fraction of sp³-hybridized carbons (Fsp3) is 0.611. The molecule has 4 heterocycles. The van der Waals surface area contributed by atoms with Crippen LogP contribution in [0.1, 0.15) is 50.1 Å². The zero-order valence-corrected chi connectivity index (χ0v) is 14.1. The van der Waals surface area contributed by atoms with E-state index in [0.717, 1.165) is 11.6 Å². The molecule has 2 aromatic rings. The predicted octanol–water partition coefficient (Wildman–Crippen LogP) is 2.70. The van der Waals surface area contributed by atoms with Crippen LogP contribution in [0, 0.1) is 0 Å². The number of aromatic nitrogens is 4. The number of hydrogen-bond donors (Lipinski definition) is 1. The molecule has 24 heavy (non-hydrogen) atoms. The molecule has 1 saturated carbocycles. The molecule has 6 heteroatoms. The van der Waals surface area contributed by atoms with E-state index in [2.05, 4.69) is 44.5 Å². The lowest BCUT2D eigenvalue weighted by atomic mass is 9.88. The first-order valence-electron chi connectivity index (χ1n) is 9.13. The van der Waals surface area contributed by atoms with Crippen molar-refractivity contribution in [3.63, 3.8) is 0 Å². The fourth-order valence-corrected chi connectivity index (χ4v) is 4.58. The van der Waals surface area contributed by atoms with E-state index in [9.17, 15) is 0 Å². The Bertz CT molecular complexity index is 723. The molecule has 2 saturated heterocycles. The van der Waals surface area contributed by atoms with Gasteiger partial charge >= 0.3 is 0 Å². The van der Waals surface area contributed by atoms with Gasteiger partial charge in [-0.3, -0.25) is 4.68 Å². The van der Waals surface area contributed by atoms with Gasteiger partial charge in [0, 0.05) is 49.0 Å². The molecule has 1 N–H and O–H groups in total. The van der Waals surface area contributed by atoms with Crippen LogP contribution in [0.2, 0.25) is 0 Å². The molecule has 6 nitrogen and oxygen atoms in total. The summed E-state index contributed by atoms with van der Waals surface area (Å²) in [5.74, 6) is 2.71. The van der Waals surface area contributed by atoms with E-state index in [1.165, 1.54) is 44.2 Å². The molecule has 2 aromatic heterocycles. The first-order valence-corrected chi connectivity index (χ1v) is 9.13. The van der Waals surface area contributed by atoms with E-state index in [0.29, 0.717) is 24.0 Å². The number of aryl methyl sites for hydroxylation is 1. The van der Waals surface area contributed by atoms with Gasteiger partial charge in [0.25, 0.3) is 0 Å². The topological polar surface area (TPSA) is 58.9 Å². The van der Waals surface area contributed by atoms with Crippen LogP contribution < -0.4 is 10.2 Å². The van der Waals surface area contributed by atoms with Crippen molar-refractivity contribution in [1.29, 1.82) is 0 Å². The lowest BCUT2D eigenvalue weighted by Crippen LogP contribution is -2.43. The van der Waals surface area contributed by atoms with Gasteiger partial charge in [-0.05, 0) is 44.6 Å². The maximum atomic E-state index is 4.59. The van der Waals surface area contributed by atoms with Gasteiger partial charge in [-0.25, -0.2) is 9.97 Å². The predicted molar refractivity (Wildman–Crippen MR) is 93.1 cm³/mol. The van der Waals surface area contributed by atoms with Gasteiger partial charge in [-0.1, -0.05) is 0 Å². The van der Waals surface area contributed by atoms with Crippen LogP contribution in [0.3, 0.4) is 0 Å². The molecule has 3 fully saturated rings. The van der Waals surface area contributed by atoms with Crippen LogP contribution in [-0.2, 0) is 7.05 Å². The standard InChI is InChI=1S/C18H24N6/c1-23-16(6-7-21-23)12-8-14-4-5-15(9-12)24(14)18-10-17(19-11-20-18)22-13-2-3-13/h6-7,10-15H,2-5,8-9H2,1H3,(H,19,20,22). The number of nitrogens with zero attached hydrogens (tertiary/aromatic N) is 5. The molecule has 0 spiro atoms. The average molecular weight is 324 g/mol. The van der Waals surface area contributed by atoms with Crippen LogP contribution in [0.4, 0.5) is 11.6 Å². The second-order valence-corrected chi connectivity index (χ2v) is 7.52. The largest absolute Gasteiger partial charge is 0.367 e. The smallest absolute Gasteiger partial charge is 0.134 e. The van der Waals surface area contributed by atoms with Crippen LogP contribution in [0.5, 0.6) is 0 Å². The van der Waals surface area contributed by atoms with E-state index >= 15 is 0 Å². The fourth-order valence-electron chi connectivity index (χ4n) is 4.58. The minimum absolute atomic E-state index is 0.590. The van der Waals surface area contributed by atoms with E-state index in [4.69, 9.17) is 0 Å². The maximum absolute atomic E-state index is 4.59. The zero-order chi connectivity index (χ0) is 16.1. The van der Waals surface area contributed by atoms with Crippen LogP contribution >= 0.6 is 0 Å². The third kappa shape index (κ3) is 2.44. The minimum Gasteiger partial charge on any atom is -0.367 e. The third-order valence-electron chi connectivity index (χ3n) is 5.86. The summed E-state index contributed by atoms with van der Waals surface area (Å²) >= 11 is 0. The van der Waals surface area contributed by atoms with Crippen molar-refractivity contribution in [2.24, 2.45) is 7.05 Å². The Hall–Kier alpha value is -2.11. The van der Waals surface area contributed by atoms with Gasteiger partial charge in [-0.2, -0.15) is 5.10 Å². The van der Waals surface area contributed by atoms with Crippen molar-refractivity contribution in [2.45, 2.75) is 62.6 Å². The highest BCUT2D eigenvalue weighted by atomic mass is 15.3. The quantitative estimate of drug-likeness (QED) is 0.937. The summed E-state index contributed by atoms with van der Waals surface area (Å²) in [5.41, 5.74) is 1.38. The third-order valence-corrected chi connectivity index (χ3v) is 5.86. The number of hydrogen-bond acceptors (Lipinski definition) is 5. The van der Waals surface area contributed by atoms with Gasteiger partial charge in [0.2, 0.25) is 0 Å². The molecule has 5 rings (SSSR count). The van der Waals surface area contributed by atoms with Crippen molar-refractivity contribution in [1.82, 2.24) is 19.7 Å². The zero-order valence-electron chi connectivity index (χ0n) is 14.1. The van der Waals surface area contributed by atoms with Crippen molar-refractivity contribution in [3.8, 4) is 0 Å². The average Bonchev–Trinajstić information content (AvgIpc) is 3.23. The van der Waals surface area contributed by atoms with Gasteiger partial charge in [0.1, 0.15) is 18.0 Å². The minimum atomic E-state index is 0.590. The molecule has 2 unspecified atom stereocenters. The normalized spacial score (nSPS) is 29.0. The van der Waals surface area contributed by atoms with Gasteiger partial charge in [0.05, 0.1) is 0 Å². The summed E-state index contributed by atoms with van der Waals surface area (Å²) in [7, 11) is 2.06. The van der Waals surface area contributed by atoms with E-state index in [-0.39, 0.29) is 0 Å². The number of fused-ring (bicyclic) bond motifs is 2. The van der Waals surface area contributed by atoms with E-state index in [1.54, 1.807) is 6.33 Å². The van der Waals surface area contributed by atoms with Crippen LogP contribution in [0.15, 0.2) is 24.7 Å². The Balaban J connectivity index is 1.38. The maximum Gasteiger partial charge on any atom is 0.134 e. The monoisotopic (exact) mass is 324 g/mol. The Morgan fingerprint density at radius 1 is 1.08 bits per heavy atom. The Kier molecular flexibility index (Phi) is 3.24. The van der Waals surface area contributed by atoms with E-state index < -0.39 is 0 Å². The van der Waals surface area contributed by atoms with E-state index in [1.807, 2.05) is 10.9 Å². The summed E-state index contributed by atoms with van der Waals surface area (Å²) < 4.78 is 2.04.